The highest BCUT2D eigenvalue weighted by atomic mass is 16.5. The van der Waals surface area contributed by atoms with Crippen molar-refractivity contribution in [2.24, 2.45) is 5.92 Å². The Hall–Kier alpha value is -2.49. The molecule has 126 valence electrons. The van der Waals surface area contributed by atoms with E-state index in [0.29, 0.717) is 12.5 Å². The molecule has 0 aliphatic carbocycles. The quantitative estimate of drug-likeness (QED) is 0.896. The van der Waals surface area contributed by atoms with Crippen LogP contribution in [0.4, 0.5) is 10.5 Å². The highest BCUT2D eigenvalue weighted by Gasteiger charge is 2.23. The van der Waals surface area contributed by atoms with Gasteiger partial charge in [0.2, 0.25) is 0 Å². The fraction of sp³-hybridized carbons (Fsp3) is 0.350. The largest absolute Gasteiger partial charge is 0.493 e. The van der Waals surface area contributed by atoms with E-state index in [1.165, 1.54) is 5.56 Å². The van der Waals surface area contributed by atoms with Gasteiger partial charge in [-0.1, -0.05) is 43.3 Å². The first-order valence-corrected chi connectivity index (χ1v) is 8.53. The number of nitrogens with one attached hydrogen (secondary N) is 1. The van der Waals surface area contributed by atoms with Gasteiger partial charge in [-0.25, -0.2) is 4.79 Å². The lowest BCUT2D eigenvalue weighted by atomic mass is 10.2. The Bertz CT molecular complexity index is 672. The summed E-state index contributed by atoms with van der Waals surface area (Å²) in [5.74, 6) is 1.36. The van der Waals surface area contributed by atoms with E-state index in [1.54, 1.807) is 0 Å². The monoisotopic (exact) mass is 324 g/mol. The minimum absolute atomic E-state index is 0.0271. The van der Waals surface area contributed by atoms with E-state index in [-0.39, 0.29) is 6.03 Å². The van der Waals surface area contributed by atoms with Crippen molar-refractivity contribution in [1.29, 1.82) is 0 Å². The van der Waals surface area contributed by atoms with Crippen molar-refractivity contribution in [1.82, 2.24) is 4.90 Å². The SMILES string of the molecule is CC1CCN(C(=O)Nc2cccc(OCCc3ccccc3)c2)C1. The van der Waals surface area contributed by atoms with Gasteiger partial charge < -0.3 is 15.0 Å². The van der Waals surface area contributed by atoms with Gasteiger partial charge in [0.25, 0.3) is 0 Å². The van der Waals surface area contributed by atoms with Crippen molar-refractivity contribution in [2.75, 3.05) is 25.0 Å². The minimum Gasteiger partial charge on any atom is -0.493 e. The average molecular weight is 324 g/mol. The third-order valence-corrected chi connectivity index (χ3v) is 4.30. The predicted octanol–water partition coefficient (Wildman–Crippen LogP) is 4.18. The molecule has 0 bridgehead atoms. The summed E-state index contributed by atoms with van der Waals surface area (Å²) in [6.07, 6.45) is 1.94. The summed E-state index contributed by atoms with van der Waals surface area (Å²) in [6, 6.07) is 17.8. The molecule has 1 fully saturated rings. The molecule has 2 aromatic carbocycles. The van der Waals surface area contributed by atoms with Crippen LogP contribution in [-0.4, -0.2) is 30.6 Å². The van der Waals surface area contributed by atoms with E-state index >= 15 is 0 Å². The third kappa shape index (κ3) is 4.51. The number of nitrogens with zero attached hydrogens (tertiary/aromatic N) is 1. The number of hydrogen-bond acceptors (Lipinski definition) is 2. The van der Waals surface area contributed by atoms with E-state index in [9.17, 15) is 4.79 Å². The summed E-state index contributed by atoms with van der Waals surface area (Å²) in [5, 5.41) is 2.96. The zero-order chi connectivity index (χ0) is 16.8. The number of hydrogen-bond donors (Lipinski definition) is 1. The molecular weight excluding hydrogens is 300 g/mol. The van der Waals surface area contributed by atoms with Crippen molar-refractivity contribution in [2.45, 2.75) is 19.8 Å². The number of urea groups is 1. The second kappa shape index (κ2) is 7.86. The van der Waals surface area contributed by atoms with Gasteiger partial charge in [0.15, 0.2) is 0 Å². The number of rotatable bonds is 5. The third-order valence-electron chi connectivity index (χ3n) is 4.30. The van der Waals surface area contributed by atoms with Crippen molar-refractivity contribution in [3.8, 4) is 5.75 Å². The van der Waals surface area contributed by atoms with Gasteiger partial charge in [-0.15, -0.1) is 0 Å². The maximum absolute atomic E-state index is 12.2. The fourth-order valence-electron chi connectivity index (χ4n) is 2.92. The van der Waals surface area contributed by atoms with Crippen LogP contribution in [-0.2, 0) is 6.42 Å². The molecule has 2 aromatic rings. The Morgan fingerprint density at radius 1 is 1.21 bits per heavy atom. The van der Waals surface area contributed by atoms with E-state index in [2.05, 4.69) is 24.4 Å². The van der Waals surface area contributed by atoms with Crippen LogP contribution >= 0.6 is 0 Å². The summed E-state index contributed by atoms with van der Waals surface area (Å²) >= 11 is 0. The van der Waals surface area contributed by atoms with Gasteiger partial charge in [-0.2, -0.15) is 0 Å². The summed E-state index contributed by atoms with van der Waals surface area (Å²) in [4.78, 5) is 14.1. The van der Waals surface area contributed by atoms with Crippen LogP contribution in [0.1, 0.15) is 18.9 Å². The van der Waals surface area contributed by atoms with Crippen LogP contribution < -0.4 is 10.1 Å². The molecular formula is C20H24N2O2. The Balaban J connectivity index is 1.51. The molecule has 4 nitrogen and oxygen atoms in total. The van der Waals surface area contributed by atoms with Crippen LogP contribution in [0.25, 0.3) is 0 Å². The minimum atomic E-state index is -0.0271. The smallest absolute Gasteiger partial charge is 0.321 e. The second-order valence-corrected chi connectivity index (χ2v) is 6.38. The Kier molecular flexibility index (Phi) is 5.36. The normalized spacial score (nSPS) is 16.9. The Morgan fingerprint density at radius 2 is 2.04 bits per heavy atom. The number of anilines is 1. The predicted molar refractivity (Wildman–Crippen MR) is 96.5 cm³/mol. The van der Waals surface area contributed by atoms with Crippen LogP contribution in [0.3, 0.4) is 0 Å². The molecule has 1 heterocycles. The Labute approximate surface area is 143 Å². The molecule has 1 saturated heterocycles. The number of ether oxygens (including phenoxy) is 1. The van der Waals surface area contributed by atoms with Crippen LogP contribution in [0.15, 0.2) is 54.6 Å². The molecule has 0 aromatic heterocycles. The zero-order valence-corrected chi connectivity index (χ0v) is 14.1. The van der Waals surface area contributed by atoms with Gasteiger partial charge >= 0.3 is 6.03 Å². The topological polar surface area (TPSA) is 41.6 Å². The molecule has 1 aliphatic heterocycles. The van der Waals surface area contributed by atoms with E-state index in [0.717, 1.165) is 37.4 Å². The number of carbonyl (C=O) groups is 1. The zero-order valence-electron chi connectivity index (χ0n) is 14.1. The van der Waals surface area contributed by atoms with Crippen molar-refractivity contribution < 1.29 is 9.53 Å². The molecule has 1 N–H and O–H groups in total. The van der Waals surface area contributed by atoms with Gasteiger partial charge in [0, 0.05) is 31.3 Å². The van der Waals surface area contributed by atoms with Gasteiger partial charge in [0.1, 0.15) is 5.75 Å². The summed E-state index contributed by atoms with van der Waals surface area (Å²) in [5.41, 5.74) is 2.03. The van der Waals surface area contributed by atoms with Crippen LogP contribution in [0, 0.1) is 5.92 Å². The number of benzene rings is 2. The number of carbonyl (C=O) groups excluding carboxylic acids is 1. The van der Waals surface area contributed by atoms with Crippen LogP contribution in [0.2, 0.25) is 0 Å². The molecule has 0 spiro atoms. The standard InChI is InChI=1S/C20H24N2O2/c1-16-10-12-22(15-16)20(23)21-18-8-5-9-19(14-18)24-13-11-17-6-3-2-4-7-17/h2-9,14,16H,10-13,15H2,1H3,(H,21,23). The highest BCUT2D eigenvalue weighted by molar-refractivity contribution is 5.89. The molecule has 1 unspecified atom stereocenters. The highest BCUT2D eigenvalue weighted by Crippen LogP contribution is 2.20. The maximum atomic E-state index is 12.2. The molecule has 1 aliphatic rings. The fourth-order valence-corrected chi connectivity index (χ4v) is 2.92. The number of likely N-dealkylation sites (tertiary alicyclic amines) is 1. The van der Waals surface area contributed by atoms with E-state index in [4.69, 9.17) is 4.74 Å². The van der Waals surface area contributed by atoms with Gasteiger partial charge in [0.05, 0.1) is 6.61 Å². The molecule has 3 rings (SSSR count). The summed E-state index contributed by atoms with van der Waals surface area (Å²) in [6.45, 7) is 4.46. The van der Waals surface area contributed by atoms with Crippen LogP contribution in [0.5, 0.6) is 5.75 Å². The van der Waals surface area contributed by atoms with Crippen molar-refractivity contribution >= 4 is 11.7 Å². The lowest BCUT2D eigenvalue weighted by Gasteiger charge is -2.17. The van der Waals surface area contributed by atoms with E-state index < -0.39 is 0 Å². The lowest BCUT2D eigenvalue weighted by Crippen LogP contribution is -2.32. The lowest BCUT2D eigenvalue weighted by molar-refractivity contribution is 0.221. The molecule has 0 saturated carbocycles. The van der Waals surface area contributed by atoms with Crippen molar-refractivity contribution in [3.63, 3.8) is 0 Å². The van der Waals surface area contributed by atoms with Gasteiger partial charge in [-0.05, 0) is 30.0 Å². The van der Waals surface area contributed by atoms with Gasteiger partial charge in [-0.3, -0.25) is 0 Å². The summed E-state index contributed by atoms with van der Waals surface area (Å²) in [7, 11) is 0. The van der Waals surface area contributed by atoms with Crippen molar-refractivity contribution in [3.05, 3.63) is 60.2 Å². The second-order valence-electron chi connectivity index (χ2n) is 6.38. The molecule has 2 amide bonds. The molecule has 24 heavy (non-hydrogen) atoms. The number of amides is 2. The average Bonchev–Trinajstić information content (AvgIpc) is 3.03. The first-order valence-electron chi connectivity index (χ1n) is 8.53. The molecule has 0 radical (unpaired) electrons. The Morgan fingerprint density at radius 3 is 2.79 bits per heavy atom. The van der Waals surface area contributed by atoms with E-state index in [1.807, 2.05) is 47.4 Å². The first kappa shape index (κ1) is 16.4. The first-order chi connectivity index (χ1) is 11.7. The molecule has 4 heteroatoms. The maximum Gasteiger partial charge on any atom is 0.321 e. The summed E-state index contributed by atoms with van der Waals surface area (Å²) < 4.78 is 5.81. The molecule has 1 atom stereocenters.